The zero-order valence-electron chi connectivity index (χ0n) is 18.1. The van der Waals surface area contributed by atoms with Gasteiger partial charge < -0.3 is 10.4 Å². The first-order chi connectivity index (χ1) is 13.2. The predicted octanol–water partition coefficient (Wildman–Crippen LogP) is 4.78. The summed E-state index contributed by atoms with van der Waals surface area (Å²) in [4.78, 5) is 13.1. The first-order valence-corrected chi connectivity index (χ1v) is 12.0. The number of rotatable bonds is 4. The van der Waals surface area contributed by atoms with Gasteiger partial charge in [0, 0.05) is 17.5 Å². The molecule has 0 aromatic rings. The van der Waals surface area contributed by atoms with Crippen molar-refractivity contribution in [1.29, 1.82) is 0 Å². The smallest absolute Gasteiger partial charge is 0.159 e. The van der Waals surface area contributed by atoms with E-state index >= 15 is 0 Å². The Labute approximate surface area is 170 Å². The maximum absolute atomic E-state index is 13.1. The summed E-state index contributed by atoms with van der Waals surface area (Å²) in [6.07, 6.45) is 15.4. The van der Waals surface area contributed by atoms with Gasteiger partial charge in [0.1, 0.15) is 0 Å². The molecule has 7 atom stereocenters. The first kappa shape index (κ1) is 19.3. The lowest BCUT2D eigenvalue weighted by molar-refractivity contribution is -0.129. The molecule has 28 heavy (non-hydrogen) atoms. The largest absolute Gasteiger partial charge is 0.390 e. The lowest BCUT2D eigenvalue weighted by Crippen LogP contribution is -2.73. The minimum absolute atomic E-state index is 0.231. The fourth-order valence-corrected chi connectivity index (χ4v) is 8.37. The number of nitrogens with one attached hydrogen (secondary N) is 1. The van der Waals surface area contributed by atoms with E-state index in [2.05, 4.69) is 18.3 Å². The lowest BCUT2D eigenvalue weighted by Gasteiger charge is -2.62. The molecule has 0 radical (unpaired) electrons. The van der Waals surface area contributed by atoms with E-state index in [1.807, 2.05) is 13.8 Å². The zero-order chi connectivity index (χ0) is 19.7. The molecule has 3 saturated carbocycles. The van der Waals surface area contributed by atoms with E-state index in [0.717, 1.165) is 25.2 Å². The topological polar surface area (TPSA) is 49.3 Å². The number of hydrogen-bond donors (Lipinski definition) is 2. The van der Waals surface area contributed by atoms with Gasteiger partial charge in [0.25, 0.3) is 0 Å². The molecule has 5 aliphatic rings. The molecular formula is C25H39NO2. The van der Waals surface area contributed by atoms with Crippen LogP contribution in [0.15, 0.2) is 11.6 Å². The van der Waals surface area contributed by atoms with Crippen LogP contribution in [0.5, 0.6) is 0 Å². The van der Waals surface area contributed by atoms with Gasteiger partial charge in [-0.05, 0) is 101 Å². The Bertz CT molecular complexity index is 691. The van der Waals surface area contributed by atoms with E-state index in [1.54, 1.807) is 5.57 Å². The molecule has 0 aromatic heterocycles. The van der Waals surface area contributed by atoms with Gasteiger partial charge in [0.15, 0.2) is 5.78 Å². The van der Waals surface area contributed by atoms with Crippen LogP contribution in [0.25, 0.3) is 0 Å². The van der Waals surface area contributed by atoms with E-state index in [-0.39, 0.29) is 5.41 Å². The van der Waals surface area contributed by atoms with Crippen molar-refractivity contribution in [2.45, 2.75) is 109 Å². The van der Waals surface area contributed by atoms with Crippen molar-refractivity contribution in [3.8, 4) is 0 Å². The summed E-state index contributed by atoms with van der Waals surface area (Å²) in [5.74, 6) is 2.79. The van der Waals surface area contributed by atoms with Crippen LogP contribution in [0.4, 0.5) is 0 Å². The third-order valence-electron chi connectivity index (χ3n) is 9.65. The Morgan fingerprint density at radius 1 is 1.11 bits per heavy atom. The molecule has 1 aliphatic heterocycles. The average Bonchev–Trinajstić information content (AvgIpc) is 2.91. The SMILES string of the molecule is CC(C)(O)CCCC1NC23CCC4C(=CC(=O)C5CCCCC54C)C2CCC13. The second kappa shape index (κ2) is 6.41. The van der Waals surface area contributed by atoms with Crippen molar-refractivity contribution in [3.05, 3.63) is 11.6 Å². The third-order valence-corrected chi connectivity index (χ3v) is 9.65. The Morgan fingerprint density at radius 3 is 2.71 bits per heavy atom. The van der Waals surface area contributed by atoms with Crippen LogP contribution in [0.1, 0.15) is 91.4 Å². The molecule has 4 fully saturated rings. The first-order valence-electron chi connectivity index (χ1n) is 12.0. The highest BCUT2D eigenvalue weighted by Crippen LogP contribution is 2.65. The van der Waals surface area contributed by atoms with E-state index in [1.165, 1.54) is 51.4 Å². The van der Waals surface area contributed by atoms with Crippen LogP contribution in [-0.4, -0.2) is 28.1 Å². The molecular weight excluding hydrogens is 346 g/mol. The Kier molecular flexibility index (Phi) is 4.42. The van der Waals surface area contributed by atoms with Gasteiger partial charge in [-0.15, -0.1) is 0 Å². The number of allylic oxidation sites excluding steroid dienone is 1. The van der Waals surface area contributed by atoms with Crippen molar-refractivity contribution < 1.29 is 9.90 Å². The van der Waals surface area contributed by atoms with Crippen molar-refractivity contribution >= 4 is 5.78 Å². The van der Waals surface area contributed by atoms with Crippen LogP contribution >= 0.6 is 0 Å². The molecule has 4 aliphatic carbocycles. The summed E-state index contributed by atoms with van der Waals surface area (Å²) in [5.41, 5.74) is 1.52. The highest BCUT2D eigenvalue weighted by molar-refractivity contribution is 5.94. The molecule has 1 heterocycles. The summed E-state index contributed by atoms with van der Waals surface area (Å²) >= 11 is 0. The Balaban J connectivity index is 1.33. The minimum Gasteiger partial charge on any atom is -0.390 e. The third kappa shape index (κ3) is 2.71. The molecule has 3 heteroatoms. The number of ketones is 1. The normalized spacial score (nSPS) is 47.4. The van der Waals surface area contributed by atoms with Gasteiger partial charge in [-0.25, -0.2) is 0 Å². The number of carbonyl (C=O) groups is 1. The van der Waals surface area contributed by atoms with Crippen molar-refractivity contribution in [1.82, 2.24) is 5.32 Å². The second-order valence-corrected chi connectivity index (χ2v) is 11.7. The maximum Gasteiger partial charge on any atom is 0.159 e. The fraction of sp³-hybridized carbons (Fsp3) is 0.880. The van der Waals surface area contributed by atoms with Gasteiger partial charge >= 0.3 is 0 Å². The van der Waals surface area contributed by atoms with Gasteiger partial charge in [0.05, 0.1) is 5.60 Å². The molecule has 0 amide bonds. The monoisotopic (exact) mass is 385 g/mol. The van der Waals surface area contributed by atoms with Crippen molar-refractivity contribution in [2.75, 3.05) is 0 Å². The Morgan fingerprint density at radius 2 is 1.93 bits per heavy atom. The number of carbonyl (C=O) groups excluding carboxylic acids is 1. The summed E-state index contributed by atoms with van der Waals surface area (Å²) < 4.78 is 0. The van der Waals surface area contributed by atoms with Gasteiger partial charge in [-0.2, -0.15) is 0 Å². The van der Waals surface area contributed by atoms with Crippen molar-refractivity contribution in [2.24, 2.45) is 29.1 Å². The van der Waals surface area contributed by atoms with Crippen LogP contribution < -0.4 is 5.32 Å². The van der Waals surface area contributed by atoms with E-state index in [9.17, 15) is 9.90 Å². The van der Waals surface area contributed by atoms with Crippen LogP contribution in [0, 0.1) is 29.1 Å². The van der Waals surface area contributed by atoms with Gasteiger partial charge in [-0.1, -0.05) is 25.3 Å². The molecule has 0 bridgehead atoms. The maximum atomic E-state index is 13.1. The van der Waals surface area contributed by atoms with Crippen LogP contribution in [0.3, 0.4) is 0 Å². The molecule has 1 spiro atoms. The summed E-state index contributed by atoms with van der Waals surface area (Å²) in [6, 6.07) is 0.627. The van der Waals surface area contributed by atoms with Gasteiger partial charge in [-0.3, -0.25) is 4.79 Å². The number of aliphatic hydroxyl groups is 1. The molecule has 7 unspecified atom stereocenters. The summed E-state index contributed by atoms with van der Waals surface area (Å²) in [6.45, 7) is 6.28. The predicted molar refractivity (Wildman–Crippen MR) is 112 cm³/mol. The quantitative estimate of drug-likeness (QED) is 0.732. The summed E-state index contributed by atoms with van der Waals surface area (Å²) in [5, 5.41) is 14.1. The van der Waals surface area contributed by atoms with E-state index in [4.69, 9.17) is 0 Å². The highest BCUT2D eigenvalue weighted by Gasteiger charge is 2.65. The standard InChI is InChI=1S/C25H39NO2/c1-23(2,28)12-6-8-21-19-10-9-18-16-15-22(27)20-7-4-5-13-24(20,3)17(16)11-14-25(18,19)26-21/h15,17-21,26,28H,4-14H2,1-3H3. The molecule has 2 N–H and O–H groups in total. The molecule has 156 valence electrons. The zero-order valence-corrected chi connectivity index (χ0v) is 18.1. The number of hydrogen-bond acceptors (Lipinski definition) is 3. The van der Waals surface area contributed by atoms with E-state index in [0.29, 0.717) is 35.1 Å². The Hall–Kier alpha value is -0.670. The molecule has 5 rings (SSSR count). The van der Waals surface area contributed by atoms with Crippen molar-refractivity contribution in [3.63, 3.8) is 0 Å². The van der Waals surface area contributed by atoms with Crippen LogP contribution in [0.2, 0.25) is 0 Å². The molecule has 1 saturated heterocycles. The number of fused-ring (bicyclic) bond motifs is 4. The lowest BCUT2D eigenvalue weighted by atomic mass is 9.48. The van der Waals surface area contributed by atoms with Gasteiger partial charge in [0.2, 0.25) is 0 Å². The highest BCUT2D eigenvalue weighted by atomic mass is 16.3. The molecule has 3 nitrogen and oxygen atoms in total. The minimum atomic E-state index is -0.545. The molecule has 0 aromatic carbocycles. The van der Waals surface area contributed by atoms with E-state index < -0.39 is 5.60 Å². The average molecular weight is 386 g/mol. The van der Waals surface area contributed by atoms with Crippen LogP contribution in [-0.2, 0) is 4.79 Å². The fourth-order valence-electron chi connectivity index (χ4n) is 8.37. The summed E-state index contributed by atoms with van der Waals surface area (Å²) in [7, 11) is 0. The second-order valence-electron chi connectivity index (χ2n) is 11.7.